The fourth-order valence-electron chi connectivity index (χ4n) is 7.25. The minimum Gasteiger partial charge on any atom is -0.461 e. The van der Waals surface area contributed by atoms with Gasteiger partial charge < -0.3 is 4.42 Å². The number of furan rings is 1. The Bertz CT molecular complexity index is 1140. The number of unbranched alkanes of at least 4 members (excludes halogenated alkanes) is 9. The van der Waals surface area contributed by atoms with Gasteiger partial charge in [0.15, 0.2) is 0 Å². The van der Waals surface area contributed by atoms with Gasteiger partial charge >= 0.3 is 0 Å². The van der Waals surface area contributed by atoms with Gasteiger partial charge in [0.2, 0.25) is 0 Å². The fourth-order valence-corrected chi connectivity index (χ4v) is 7.25. The molecule has 1 aromatic carbocycles. The molecule has 1 aromatic heterocycles. The van der Waals surface area contributed by atoms with Gasteiger partial charge in [-0.2, -0.15) is 0 Å². The molecule has 2 rings (SSSR count). The highest BCUT2D eigenvalue weighted by molar-refractivity contribution is 5.84. The van der Waals surface area contributed by atoms with Crippen LogP contribution in [0.25, 0.3) is 11.1 Å². The monoisotopic (exact) mass is 661 g/mol. The first-order chi connectivity index (χ1) is 23.3. The summed E-state index contributed by atoms with van der Waals surface area (Å²) in [6, 6.07) is 9.51. The zero-order valence-corrected chi connectivity index (χ0v) is 34.0. The summed E-state index contributed by atoms with van der Waals surface area (Å²) in [7, 11) is 0. The van der Waals surface area contributed by atoms with Gasteiger partial charge in [0.1, 0.15) is 11.5 Å². The third-order valence-corrected chi connectivity index (χ3v) is 10.5. The third kappa shape index (κ3) is 15.7. The van der Waals surface area contributed by atoms with E-state index in [4.69, 9.17) is 4.42 Å². The average Bonchev–Trinajstić information content (AvgIpc) is 3.54. The molecule has 0 bridgehead atoms. The van der Waals surface area contributed by atoms with E-state index in [2.05, 4.69) is 98.7 Å². The van der Waals surface area contributed by atoms with Gasteiger partial charge in [-0.15, -0.1) is 0 Å². The number of hydrogen-bond donors (Lipinski definition) is 0. The van der Waals surface area contributed by atoms with Crippen molar-refractivity contribution < 1.29 is 4.42 Å². The molecule has 48 heavy (non-hydrogen) atoms. The number of hydrogen-bond acceptors (Lipinski definition) is 1. The highest BCUT2D eigenvalue weighted by atomic mass is 16.3. The van der Waals surface area contributed by atoms with Crippen LogP contribution in [0.4, 0.5) is 0 Å². The van der Waals surface area contributed by atoms with E-state index in [1.807, 2.05) is 13.8 Å². The maximum Gasteiger partial charge on any atom is 0.133 e. The second-order valence-electron chi connectivity index (χ2n) is 14.5. The first-order valence-electron chi connectivity index (χ1n) is 20.9. The van der Waals surface area contributed by atoms with Crippen LogP contribution in [-0.4, -0.2) is 0 Å². The molecule has 0 aliphatic heterocycles. The Morgan fingerprint density at radius 2 is 1.38 bits per heavy atom. The van der Waals surface area contributed by atoms with Gasteiger partial charge in [-0.3, -0.25) is 0 Å². The summed E-state index contributed by atoms with van der Waals surface area (Å²) in [6.07, 6.45) is 29.7. The Hall–Kier alpha value is -2.02. The topological polar surface area (TPSA) is 13.1 Å². The smallest absolute Gasteiger partial charge is 0.133 e. The maximum absolute atomic E-state index is 6.25. The van der Waals surface area contributed by atoms with Crippen LogP contribution in [-0.2, 0) is 6.42 Å². The van der Waals surface area contributed by atoms with E-state index >= 15 is 0 Å². The second kappa shape index (κ2) is 26.8. The summed E-state index contributed by atoms with van der Waals surface area (Å²) < 4.78 is 6.25. The Kier molecular flexibility index (Phi) is 24.6. The largest absolute Gasteiger partial charge is 0.461 e. The number of allylic oxidation sites excluding steroid dienone is 4. The van der Waals surface area contributed by atoms with E-state index in [0.717, 1.165) is 36.7 Å². The van der Waals surface area contributed by atoms with E-state index in [9.17, 15) is 0 Å². The number of benzene rings is 1. The first kappa shape index (κ1) is 44.0. The van der Waals surface area contributed by atoms with Crippen LogP contribution in [0.15, 0.2) is 40.8 Å². The lowest BCUT2D eigenvalue weighted by Crippen LogP contribution is -2.10. The summed E-state index contributed by atoms with van der Waals surface area (Å²) in [5.74, 6) is 3.99. The molecule has 0 radical (unpaired) electrons. The van der Waals surface area contributed by atoms with Crippen molar-refractivity contribution in [3.63, 3.8) is 0 Å². The zero-order chi connectivity index (χ0) is 35.7. The number of rotatable bonds is 25. The van der Waals surface area contributed by atoms with E-state index in [0.29, 0.717) is 11.8 Å². The third-order valence-electron chi connectivity index (χ3n) is 10.5. The Morgan fingerprint density at radius 3 is 1.92 bits per heavy atom. The van der Waals surface area contributed by atoms with Crippen LogP contribution >= 0.6 is 0 Å². The molecule has 1 heteroatoms. The molecule has 0 saturated carbocycles. The van der Waals surface area contributed by atoms with Crippen LogP contribution in [0.3, 0.4) is 0 Å². The van der Waals surface area contributed by atoms with Crippen molar-refractivity contribution in [2.45, 2.75) is 204 Å². The highest BCUT2D eigenvalue weighted by Crippen LogP contribution is 2.40. The lowest BCUT2D eigenvalue weighted by atomic mass is 9.78. The van der Waals surface area contributed by atoms with Crippen LogP contribution in [0, 0.1) is 25.7 Å². The summed E-state index contributed by atoms with van der Waals surface area (Å²) in [6.45, 7) is 25.0. The van der Waals surface area contributed by atoms with Crippen molar-refractivity contribution in [2.24, 2.45) is 11.8 Å². The number of aryl methyl sites for hydroxylation is 3. The Labute approximate surface area is 300 Å². The van der Waals surface area contributed by atoms with Gasteiger partial charge in [-0.25, -0.2) is 0 Å². The summed E-state index contributed by atoms with van der Waals surface area (Å²) >= 11 is 0. The van der Waals surface area contributed by atoms with Crippen molar-refractivity contribution in [3.8, 4) is 0 Å². The predicted octanol–water partition coefficient (Wildman–Crippen LogP) is 16.4. The first-order valence-corrected chi connectivity index (χ1v) is 20.9. The molecule has 3 unspecified atom stereocenters. The van der Waals surface area contributed by atoms with E-state index in [-0.39, 0.29) is 0 Å². The Morgan fingerprint density at radius 1 is 0.708 bits per heavy atom. The molecule has 0 fully saturated rings. The van der Waals surface area contributed by atoms with Gasteiger partial charge in [-0.1, -0.05) is 164 Å². The molecular weight excluding hydrogens is 581 g/mol. The van der Waals surface area contributed by atoms with Crippen LogP contribution in [0.5, 0.6) is 0 Å². The Balaban J connectivity index is 0.00000565. The zero-order valence-electron chi connectivity index (χ0n) is 34.0. The van der Waals surface area contributed by atoms with Crippen molar-refractivity contribution in [1.82, 2.24) is 0 Å². The molecular formula is C47H80O. The molecule has 0 saturated heterocycles. The predicted molar refractivity (Wildman–Crippen MR) is 218 cm³/mol. The maximum atomic E-state index is 6.25. The minimum atomic E-state index is 0.554. The molecule has 1 nitrogen and oxygen atoms in total. The normalized spacial score (nSPS) is 14.1. The molecule has 0 aliphatic carbocycles. The van der Waals surface area contributed by atoms with E-state index in [1.165, 1.54) is 125 Å². The molecule has 2 aromatic rings. The van der Waals surface area contributed by atoms with E-state index in [1.54, 1.807) is 11.1 Å². The standard InChI is InChI=1S/C45H74O.C2H6/c1-10-16-18-19-20-21-22-23-24-27-38(14-5)43-32-36(8)42(33-39(43)15-6)44(40(25-12-3)30-28-35(7)13-4)34-41(26-17-11-2)45-31-29-37(9)46-45;1-2/h26,29,31-35,38,40H,10-25,27-28,30H2,1-9H3;1-2H3/b41-26-,44-34-;. The molecule has 0 amide bonds. The molecule has 274 valence electrons. The lowest BCUT2D eigenvalue weighted by molar-refractivity contribution is 0.436. The van der Waals surface area contributed by atoms with Crippen LogP contribution in [0.2, 0.25) is 0 Å². The molecule has 3 atom stereocenters. The second-order valence-corrected chi connectivity index (χ2v) is 14.5. The van der Waals surface area contributed by atoms with Gasteiger partial charge in [-0.05, 0) is 116 Å². The average molecular weight is 661 g/mol. The van der Waals surface area contributed by atoms with Crippen molar-refractivity contribution in [1.29, 1.82) is 0 Å². The van der Waals surface area contributed by atoms with Crippen LogP contribution in [0.1, 0.15) is 218 Å². The summed E-state index contributed by atoms with van der Waals surface area (Å²) in [5, 5.41) is 0. The van der Waals surface area contributed by atoms with Crippen molar-refractivity contribution in [2.75, 3.05) is 0 Å². The molecule has 0 aliphatic rings. The summed E-state index contributed by atoms with van der Waals surface area (Å²) in [4.78, 5) is 0. The quantitative estimate of drug-likeness (QED) is 0.0763. The minimum absolute atomic E-state index is 0.554. The highest BCUT2D eigenvalue weighted by Gasteiger charge is 2.22. The molecule has 1 heterocycles. The summed E-state index contributed by atoms with van der Waals surface area (Å²) in [5.41, 5.74) is 8.92. The van der Waals surface area contributed by atoms with Gasteiger partial charge in [0.25, 0.3) is 0 Å². The molecule has 0 spiro atoms. The molecule has 0 N–H and O–H groups in total. The van der Waals surface area contributed by atoms with Gasteiger partial charge in [0.05, 0.1) is 0 Å². The van der Waals surface area contributed by atoms with Gasteiger partial charge in [0, 0.05) is 5.57 Å². The van der Waals surface area contributed by atoms with Crippen LogP contribution < -0.4 is 0 Å². The SMILES string of the molecule is CC.CCC/C=C(/C=C(\c1cc(CC)c(C(CC)CCCCCCCCCCC)cc1C)C(CCC)CCC(C)CC)c1ccc(C)o1. The van der Waals surface area contributed by atoms with E-state index < -0.39 is 0 Å². The fraction of sp³-hybridized carbons (Fsp3) is 0.702. The lowest BCUT2D eigenvalue weighted by Gasteiger charge is -2.27. The van der Waals surface area contributed by atoms with Crippen molar-refractivity contribution in [3.05, 3.63) is 70.2 Å². The van der Waals surface area contributed by atoms with Crippen molar-refractivity contribution >= 4 is 11.1 Å².